The molecule has 9 nitrogen and oxygen atoms in total. The van der Waals surface area contributed by atoms with Crippen molar-refractivity contribution in [3.05, 3.63) is 84.5 Å². The van der Waals surface area contributed by atoms with Gasteiger partial charge in [-0.3, -0.25) is 19.7 Å². The molecule has 0 N–H and O–H groups in total. The van der Waals surface area contributed by atoms with Crippen LogP contribution in [0.5, 0.6) is 11.5 Å². The molecule has 0 atom stereocenters. The molecule has 208 valence electrons. The van der Waals surface area contributed by atoms with Crippen molar-refractivity contribution in [2.75, 3.05) is 33.9 Å². The van der Waals surface area contributed by atoms with Gasteiger partial charge in [0.2, 0.25) is 5.91 Å². The van der Waals surface area contributed by atoms with Gasteiger partial charge in [0.15, 0.2) is 11.5 Å². The largest absolute Gasteiger partial charge is 0.493 e. The molecule has 3 rings (SSSR count). The van der Waals surface area contributed by atoms with Crippen LogP contribution in [0.2, 0.25) is 5.02 Å². The number of carbonyl (C=O) groups excluding carboxylic acids is 2. The number of nitrogens with zero attached hydrogens (tertiary/aromatic N) is 3. The van der Waals surface area contributed by atoms with E-state index in [0.29, 0.717) is 44.0 Å². The minimum atomic E-state index is -0.631. The monoisotopic (exact) mass is 573 g/mol. The lowest BCUT2D eigenvalue weighted by atomic mass is 10.1. The van der Waals surface area contributed by atoms with E-state index >= 15 is 0 Å². The van der Waals surface area contributed by atoms with Crippen LogP contribution in [0.1, 0.15) is 39.7 Å². The summed E-state index contributed by atoms with van der Waals surface area (Å²) in [7, 11) is 3.15. The van der Waals surface area contributed by atoms with Gasteiger partial charge >= 0.3 is 0 Å². The number of thiophene rings is 1. The van der Waals surface area contributed by atoms with Crippen molar-refractivity contribution in [1.29, 1.82) is 0 Å². The molecule has 39 heavy (non-hydrogen) atoms. The number of carbonyl (C=O) groups is 2. The van der Waals surface area contributed by atoms with Crippen LogP contribution in [0.3, 0.4) is 0 Å². The maximum atomic E-state index is 13.6. The van der Waals surface area contributed by atoms with Crippen LogP contribution in [0, 0.1) is 17.0 Å². The number of halogens is 1. The van der Waals surface area contributed by atoms with Crippen LogP contribution >= 0.6 is 22.9 Å². The number of aryl methyl sites for hydroxylation is 1. The quantitative estimate of drug-likeness (QED) is 0.190. The molecular weight excluding hydrogens is 542 g/mol. The highest BCUT2D eigenvalue weighted by Gasteiger charge is 2.25. The Morgan fingerprint density at radius 1 is 1.03 bits per heavy atom. The van der Waals surface area contributed by atoms with E-state index in [1.54, 1.807) is 30.5 Å². The fraction of sp³-hybridized carbons (Fsp3) is 0.357. The van der Waals surface area contributed by atoms with Crippen molar-refractivity contribution in [3.63, 3.8) is 0 Å². The standard InChI is InChI=1S/C28H32ClN3O6S/c1-5-12-31(28(34)21-7-8-22(29)23(16-21)32(35)36)18-27(33)30(17-26-19(2)11-14-39-26)13-10-20-6-9-24(37-3)25(15-20)38-4/h6-9,11,14-16H,5,10,12-13,17-18H2,1-4H3. The molecule has 0 saturated heterocycles. The fourth-order valence-electron chi connectivity index (χ4n) is 4.09. The van der Waals surface area contributed by atoms with Crippen LogP contribution in [0.25, 0.3) is 0 Å². The maximum Gasteiger partial charge on any atom is 0.288 e. The van der Waals surface area contributed by atoms with E-state index in [4.69, 9.17) is 21.1 Å². The molecule has 0 saturated carbocycles. The van der Waals surface area contributed by atoms with E-state index in [1.807, 2.05) is 43.5 Å². The van der Waals surface area contributed by atoms with Gasteiger partial charge in [0.05, 0.1) is 25.7 Å². The van der Waals surface area contributed by atoms with Gasteiger partial charge in [0, 0.05) is 29.6 Å². The Kier molecular flexibility index (Phi) is 10.7. The Balaban J connectivity index is 1.82. The smallest absolute Gasteiger partial charge is 0.288 e. The van der Waals surface area contributed by atoms with Crippen molar-refractivity contribution in [2.45, 2.75) is 33.2 Å². The molecule has 11 heteroatoms. The van der Waals surface area contributed by atoms with Crippen LogP contribution in [0.4, 0.5) is 5.69 Å². The van der Waals surface area contributed by atoms with E-state index in [-0.39, 0.29) is 28.7 Å². The number of rotatable bonds is 13. The van der Waals surface area contributed by atoms with Crippen LogP contribution in [0.15, 0.2) is 47.8 Å². The van der Waals surface area contributed by atoms with Crippen molar-refractivity contribution in [3.8, 4) is 11.5 Å². The summed E-state index contributed by atoms with van der Waals surface area (Å²) in [5.41, 5.74) is 1.83. The molecule has 0 spiro atoms. The SMILES string of the molecule is CCCN(CC(=O)N(CCc1ccc(OC)c(OC)c1)Cc1sccc1C)C(=O)c1ccc(Cl)c([N+](=O)[O-])c1. The van der Waals surface area contributed by atoms with Gasteiger partial charge in [-0.1, -0.05) is 24.6 Å². The molecule has 0 radical (unpaired) electrons. The number of nitro benzene ring substituents is 1. The lowest BCUT2D eigenvalue weighted by Crippen LogP contribution is -2.43. The zero-order valence-electron chi connectivity index (χ0n) is 22.4. The number of hydrogen-bond donors (Lipinski definition) is 0. The van der Waals surface area contributed by atoms with E-state index in [1.165, 1.54) is 17.0 Å². The molecule has 0 bridgehead atoms. The molecule has 1 heterocycles. The topological polar surface area (TPSA) is 102 Å². The Morgan fingerprint density at radius 2 is 1.77 bits per heavy atom. The average Bonchev–Trinajstić information content (AvgIpc) is 3.34. The molecule has 0 aliphatic heterocycles. The van der Waals surface area contributed by atoms with Gasteiger partial charge in [-0.2, -0.15) is 0 Å². The summed E-state index contributed by atoms with van der Waals surface area (Å²) in [5, 5.41) is 13.3. The molecule has 0 fully saturated rings. The Labute approximate surface area is 237 Å². The van der Waals surface area contributed by atoms with Gasteiger partial charge in [-0.05, 0) is 66.6 Å². The zero-order valence-corrected chi connectivity index (χ0v) is 24.0. The first-order valence-corrected chi connectivity index (χ1v) is 13.7. The lowest BCUT2D eigenvalue weighted by Gasteiger charge is -2.28. The molecule has 2 amide bonds. The number of ether oxygens (including phenoxy) is 2. The molecule has 1 aromatic heterocycles. The van der Waals surface area contributed by atoms with Gasteiger partial charge in [-0.15, -0.1) is 11.3 Å². The van der Waals surface area contributed by atoms with Crippen LogP contribution in [-0.4, -0.2) is 60.4 Å². The highest BCUT2D eigenvalue weighted by molar-refractivity contribution is 7.10. The summed E-state index contributed by atoms with van der Waals surface area (Å²) in [6.45, 7) is 4.91. The number of methoxy groups -OCH3 is 2. The summed E-state index contributed by atoms with van der Waals surface area (Å²) in [6.07, 6.45) is 1.19. The van der Waals surface area contributed by atoms with E-state index in [0.717, 1.165) is 22.1 Å². The third-order valence-corrected chi connectivity index (χ3v) is 7.60. The second-order valence-electron chi connectivity index (χ2n) is 8.93. The van der Waals surface area contributed by atoms with Crippen LogP contribution < -0.4 is 9.47 Å². The molecule has 0 aliphatic rings. The second-order valence-corrected chi connectivity index (χ2v) is 10.3. The highest BCUT2D eigenvalue weighted by atomic mass is 35.5. The molecule has 2 aromatic carbocycles. The number of nitro groups is 1. The lowest BCUT2D eigenvalue weighted by molar-refractivity contribution is -0.384. The molecular formula is C28H32ClN3O6S. The third kappa shape index (κ3) is 7.70. The maximum absolute atomic E-state index is 13.6. The zero-order chi connectivity index (χ0) is 28.5. The fourth-order valence-corrected chi connectivity index (χ4v) is 5.19. The summed E-state index contributed by atoms with van der Waals surface area (Å²) in [6, 6.07) is 11.6. The average molecular weight is 574 g/mol. The first-order chi connectivity index (χ1) is 18.7. The minimum absolute atomic E-state index is 0.0534. The highest BCUT2D eigenvalue weighted by Crippen LogP contribution is 2.28. The summed E-state index contributed by atoms with van der Waals surface area (Å²) in [4.78, 5) is 41.9. The number of hydrogen-bond acceptors (Lipinski definition) is 7. The third-order valence-electron chi connectivity index (χ3n) is 6.27. The summed E-state index contributed by atoms with van der Waals surface area (Å²) < 4.78 is 10.7. The number of amides is 2. The van der Waals surface area contributed by atoms with Gasteiger partial charge in [0.1, 0.15) is 11.6 Å². The van der Waals surface area contributed by atoms with E-state index < -0.39 is 10.8 Å². The van der Waals surface area contributed by atoms with Crippen molar-refractivity contribution < 1.29 is 24.0 Å². The minimum Gasteiger partial charge on any atom is -0.493 e. The van der Waals surface area contributed by atoms with Crippen molar-refractivity contribution >= 4 is 40.4 Å². The van der Waals surface area contributed by atoms with Gasteiger partial charge < -0.3 is 19.3 Å². The van der Waals surface area contributed by atoms with E-state index in [2.05, 4.69) is 0 Å². The first kappa shape index (κ1) is 29.9. The second kappa shape index (κ2) is 14.0. The molecule has 0 aliphatic carbocycles. The first-order valence-electron chi connectivity index (χ1n) is 12.4. The molecule has 3 aromatic rings. The Hall–Kier alpha value is -3.63. The number of benzene rings is 2. The summed E-state index contributed by atoms with van der Waals surface area (Å²) >= 11 is 7.50. The van der Waals surface area contributed by atoms with Gasteiger partial charge in [0.25, 0.3) is 11.6 Å². The summed E-state index contributed by atoms with van der Waals surface area (Å²) in [5.74, 6) is 0.559. The normalized spacial score (nSPS) is 10.7. The predicted molar refractivity (Wildman–Crippen MR) is 152 cm³/mol. The van der Waals surface area contributed by atoms with Gasteiger partial charge in [-0.25, -0.2) is 0 Å². The Morgan fingerprint density at radius 3 is 2.38 bits per heavy atom. The molecule has 0 unspecified atom stereocenters. The predicted octanol–water partition coefficient (Wildman–Crippen LogP) is 5.76. The van der Waals surface area contributed by atoms with Crippen molar-refractivity contribution in [2.24, 2.45) is 0 Å². The Bertz CT molecular complexity index is 1330. The van der Waals surface area contributed by atoms with Crippen LogP contribution in [-0.2, 0) is 17.8 Å². The van der Waals surface area contributed by atoms with Crippen molar-refractivity contribution in [1.82, 2.24) is 9.80 Å². The van der Waals surface area contributed by atoms with E-state index in [9.17, 15) is 19.7 Å².